The fourth-order valence-electron chi connectivity index (χ4n) is 1.79. The van der Waals surface area contributed by atoms with Crippen LogP contribution in [0.1, 0.15) is 19.5 Å². The zero-order valence-electron chi connectivity index (χ0n) is 11.7. The summed E-state index contributed by atoms with van der Waals surface area (Å²) in [6.07, 6.45) is 1.90. The molecule has 106 valence electrons. The van der Waals surface area contributed by atoms with Crippen molar-refractivity contribution in [3.63, 3.8) is 0 Å². The molecule has 5 heteroatoms. The minimum atomic E-state index is -0.336. The van der Waals surface area contributed by atoms with Crippen LogP contribution in [0, 0.1) is 0 Å². The van der Waals surface area contributed by atoms with E-state index in [1.807, 2.05) is 47.3 Å². The maximum atomic E-state index is 11.5. The van der Waals surface area contributed by atoms with E-state index in [4.69, 9.17) is 4.74 Å². The number of ether oxygens (including phenoxy) is 1. The van der Waals surface area contributed by atoms with Gasteiger partial charge in [-0.3, -0.25) is 10.1 Å². The lowest BCUT2D eigenvalue weighted by molar-refractivity contribution is -0.145. The summed E-state index contributed by atoms with van der Waals surface area (Å²) in [5.74, 6) is -0.241. The lowest BCUT2D eigenvalue weighted by atomic mass is 10.3. The van der Waals surface area contributed by atoms with Crippen LogP contribution in [0.25, 0.3) is 5.69 Å². The number of benzene rings is 1. The first-order chi connectivity index (χ1) is 9.70. The second kappa shape index (κ2) is 6.86. The van der Waals surface area contributed by atoms with Gasteiger partial charge in [0.25, 0.3) is 0 Å². The van der Waals surface area contributed by atoms with Crippen molar-refractivity contribution in [2.24, 2.45) is 0 Å². The molecule has 0 bridgehead atoms. The fraction of sp³-hybridized carbons (Fsp3) is 0.333. The highest BCUT2D eigenvalue weighted by molar-refractivity contribution is 5.75. The number of para-hydroxylation sites is 1. The van der Waals surface area contributed by atoms with Crippen LogP contribution in [0.5, 0.6) is 0 Å². The largest absolute Gasteiger partial charge is 0.465 e. The normalized spacial score (nSPS) is 12.1. The lowest BCUT2D eigenvalue weighted by Crippen LogP contribution is -2.35. The van der Waals surface area contributed by atoms with Crippen molar-refractivity contribution in [2.75, 3.05) is 6.61 Å². The van der Waals surface area contributed by atoms with E-state index >= 15 is 0 Å². The van der Waals surface area contributed by atoms with E-state index in [0.29, 0.717) is 13.2 Å². The molecule has 0 saturated heterocycles. The molecule has 1 N–H and O–H groups in total. The van der Waals surface area contributed by atoms with Crippen molar-refractivity contribution in [3.8, 4) is 5.69 Å². The summed E-state index contributed by atoms with van der Waals surface area (Å²) in [5, 5.41) is 7.56. The predicted molar refractivity (Wildman–Crippen MR) is 76.5 cm³/mol. The van der Waals surface area contributed by atoms with Crippen molar-refractivity contribution in [1.82, 2.24) is 15.1 Å². The van der Waals surface area contributed by atoms with Gasteiger partial charge in [-0.05, 0) is 32.0 Å². The average Bonchev–Trinajstić information content (AvgIpc) is 2.95. The van der Waals surface area contributed by atoms with Crippen molar-refractivity contribution in [3.05, 3.63) is 48.3 Å². The van der Waals surface area contributed by atoms with E-state index in [9.17, 15) is 4.79 Å². The van der Waals surface area contributed by atoms with Crippen molar-refractivity contribution < 1.29 is 9.53 Å². The quantitative estimate of drug-likeness (QED) is 0.817. The van der Waals surface area contributed by atoms with Gasteiger partial charge in [0.2, 0.25) is 0 Å². The topological polar surface area (TPSA) is 56.1 Å². The molecular formula is C15H19N3O2. The van der Waals surface area contributed by atoms with E-state index in [2.05, 4.69) is 10.4 Å². The molecule has 2 aromatic rings. The summed E-state index contributed by atoms with van der Waals surface area (Å²) in [7, 11) is 0. The third-order valence-corrected chi connectivity index (χ3v) is 2.89. The molecule has 0 amide bonds. The van der Waals surface area contributed by atoms with Gasteiger partial charge in [0.15, 0.2) is 0 Å². The van der Waals surface area contributed by atoms with Gasteiger partial charge in [0.1, 0.15) is 6.04 Å². The fourth-order valence-corrected chi connectivity index (χ4v) is 1.79. The zero-order valence-corrected chi connectivity index (χ0v) is 11.7. The summed E-state index contributed by atoms with van der Waals surface area (Å²) in [6.45, 7) is 4.51. The molecule has 5 nitrogen and oxygen atoms in total. The van der Waals surface area contributed by atoms with Crippen LogP contribution < -0.4 is 5.32 Å². The van der Waals surface area contributed by atoms with Crippen LogP contribution >= 0.6 is 0 Å². The van der Waals surface area contributed by atoms with Gasteiger partial charge >= 0.3 is 5.97 Å². The van der Waals surface area contributed by atoms with Crippen LogP contribution in [-0.2, 0) is 16.1 Å². The minimum Gasteiger partial charge on any atom is -0.465 e. The van der Waals surface area contributed by atoms with Crippen LogP contribution in [0.15, 0.2) is 42.6 Å². The van der Waals surface area contributed by atoms with E-state index in [1.54, 1.807) is 13.8 Å². The van der Waals surface area contributed by atoms with Crippen LogP contribution in [0.2, 0.25) is 0 Å². The molecule has 1 aromatic heterocycles. The molecule has 0 spiro atoms. The molecule has 0 aliphatic rings. The van der Waals surface area contributed by atoms with Crippen LogP contribution in [0.3, 0.4) is 0 Å². The van der Waals surface area contributed by atoms with Crippen LogP contribution in [0.4, 0.5) is 0 Å². The number of rotatable bonds is 6. The Labute approximate surface area is 118 Å². The Bertz CT molecular complexity index is 551. The number of hydrogen-bond acceptors (Lipinski definition) is 4. The summed E-state index contributed by atoms with van der Waals surface area (Å²) in [4.78, 5) is 11.5. The van der Waals surface area contributed by atoms with E-state index in [0.717, 1.165) is 11.4 Å². The minimum absolute atomic E-state index is 0.241. The number of esters is 1. The standard InChI is InChI=1S/C15H19N3O2/c1-3-20-15(19)12(2)16-11-13-9-10-18(17-13)14-7-5-4-6-8-14/h4-10,12,16H,3,11H2,1-2H3. The Hall–Kier alpha value is -2.14. The number of nitrogens with zero attached hydrogens (tertiary/aromatic N) is 2. The summed E-state index contributed by atoms with van der Waals surface area (Å²) >= 11 is 0. The van der Waals surface area contributed by atoms with Gasteiger partial charge in [-0.25, -0.2) is 4.68 Å². The first kappa shape index (κ1) is 14.3. The van der Waals surface area contributed by atoms with E-state index in [-0.39, 0.29) is 12.0 Å². The van der Waals surface area contributed by atoms with Crippen molar-refractivity contribution in [2.45, 2.75) is 26.4 Å². The van der Waals surface area contributed by atoms with Crippen LogP contribution in [-0.4, -0.2) is 28.4 Å². The highest BCUT2D eigenvalue weighted by atomic mass is 16.5. The average molecular weight is 273 g/mol. The highest BCUT2D eigenvalue weighted by Gasteiger charge is 2.13. The third-order valence-electron chi connectivity index (χ3n) is 2.89. The first-order valence-corrected chi connectivity index (χ1v) is 6.70. The Morgan fingerprint density at radius 3 is 2.80 bits per heavy atom. The highest BCUT2D eigenvalue weighted by Crippen LogP contribution is 2.06. The molecule has 0 radical (unpaired) electrons. The summed E-state index contributed by atoms with van der Waals surface area (Å²) < 4.78 is 6.75. The van der Waals surface area contributed by atoms with E-state index < -0.39 is 0 Å². The molecule has 1 aromatic carbocycles. The van der Waals surface area contributed by atoms with Gasteiger partial charge in [0.05, 0.1) is 18.0 Å². The maximum Gasteiger partial charge on any atom is 0.322 e. The molecule has 1 heterocycles. The van der Waals surface area contributed by atoms with Gasteiger partial charge in [-0.15, -0.1) is 0 Å². The second-order valence-corrected chi connectivity index (χ2v) is 4.44. The number of nitrogens with one attached hydrogen (secondary N) is 1. The zero-order chi connectivity index (χ0) is 14.4. The summed E-state index contributed by atoms with van der Waals surface area (Å²) in [6, 6.07) is 11.5. The Kier molecular flexibility index (Phi) is 4.90. The SMILES string of the molecule is CCOC(=O)C(C)NCc1ccn(-c2ccccc2)n1. The lowest BCUT2D eigenvalue weighted by Gasteiger charge is -2.11. The first-order valence-electron chi connectivity index (χ1n) is 6.70. The van der Waals surface area contributed by atoms with E-state index in [1.165, 1.54) is 0 Å². The molecule has 0 saturated carbocycles. The van der Waals surface area contributed by atoms with Gasteiger partial charge in [-0.1, -0.05) is 18.2 Å². The van der Waals surface area contributed by atoms with Gasteiger partial charge < -0.3 is 4.74 Å². The van der Waals surface area contributed by atoms with Gasteiger partial charge in [0, 0.05) is 12.7 Å². The van der Waals surface area contributed by atoms with Gasteiger partial charge in [-0.2, -0.15) is 5.10 Å². The molecule has 2 rings (SSSR count). The van der Waals surface area contributed by atoms with Crippen molar-refractivity contribution >= 4 is 5.97 Å². The molecular weight excluding hydrogens is 254 g/mol. The number of aromatic nitrogens is 2. The second-order valence-electron chi connectivity index (χ2n) is 4.44. The number of carbonyl (C=O) groups excluding carboxylic acids is 1. The third kappa shape index (κ3) is 3.68. The van der Waals surface area contributed by atoms with Crippen molar-refractivity contribution in [1.29, 1.82) is 0 Å². The monoisotopic (exact) mass is 273 g/mol. The molecule has 0 fully saturated rings. The number of hydrogen-bond donors (Lipinski definition) is 1. The Balaban J connectivity index is 1.92. The molecule has 20 heavy (non-hydrogen) atoms. The molecule has 0 aliphatic carbocycles. The Morgan fingerprint density at radius 1 is 1.35 bits per heavy atom. The molecule has 0 aliphatic heterocycles. The number of carbonyl (C=O) groups is 1. The molecule has 1 atom stereocenters. The maximum absolute atomic E-state index is 11.5. The Morgan fingerprint density at radius 2 is 2.10 bits per heavy atom. The predicted octanol–water partition coefficient (Wildman–Crippen LogP) is 1.91. The summed E-state index contributed by atoms with van der Waals surface area (Å²) in [5.41, 5.74) is 1.89. The smallest absolute Gasteiger partial charge is 0.322 e. The molecule has 1 unspecified atom stereocenters.